The van der Waals surface area contributed by atoms with Crippen LogP contribution in [0, 0.1) is 19.7 Å². The minimum atomic E-state index is -0.169. The van der Waals surface area contributed by atoms with Crippen LogP contribution < -0.4 is 4.74 Å². The Kier molecular flexibility index (Phi) is 7.35. The number of ether oxygens (including phenoxy) is 1. The van der Waals surface area contributed by atoms with Crippen LogP contribution in [0.2, 0.25) is 0 Å². The lowest BCUT2D eigenvalue weighted by atomic mass is 10.1. The number of benzene rings is 3. The molecule has 2 heterocycles. The summed E-state index contributed by atoms with van der Waals surface area (Å²) in [5, 5.41) is 0. The second-order valence-corrected chi connectivity index (χ2v) is 9.88. The van der Waals surface area contributed by atoms with E-state index in [1.807, 2.05) is 6.07 Å². The molecule has 36 heavy (non-hydrogen) atoms. The molecule has 0 spiro atoms. The zero-order chi connectivity index (χ0) is 25.1. The molecule has 0 radical (unpaired) electrons. The van der Waals surface area contributed by atoms with Crippen LogP contribution in [-0.4, -0.2) is 52.6 Å². The Morgan fingerprint density at radius 3 is 2.39 bits per heavy atom. The highest BCUT2D eigenvalue weighted by Gasteiger charge is 2.20. The minimum absolute atomic E-state index is 0.169. The number of hydrogen-bond acceptors (Lipinski definition) is 4. The van der Waals surface area contributed by atoms with Crippen LogP contribution in [0.3, 0.4) is 0 Å². The topological polar surface area (TPSA) is 33.5 Å². The molecule has 1 aliphatic heterocycles. The monoisotopic (exact) mass is 486 g/mol. The Hall–Kier alpha value is -3.22. The molecule has 0 amide bonds. The fourth-order valence-corrected chi connectivity index (χ4v) is 5.09. The largest absolute Gasteiger partial charge is 0.497 e. The van der Waals surface area contributed by atoms with Gasteiger partial charge in [-0.3, -0.25) is 9.80 Å². The molecule has 1 aliphatic rings. The normalized spacial score (nSPS) is 15.3. The van der Waals surface area contributed by atoms with Gasteiger partial charge in [-0.1, -0.05) is 30.3 Å². The highest BCUT2D eigenvalue weighted by molar-refractivity contribution is 5.76. The fraction of sp³-hybridized carbons (Fsp3) is 0.367. The third-order valence-electron chi connectivity index (χ3n) is 7.34. The Labute approximate surface area is 213 Å². The quantitative estimate of drug-likeness (QED) is 0.343. The van der Waals surface area contributed by atoms with Gasteiger partial charge in [0.25, 0.3) is 0 Å². The van der Waals surface area contributed by atoms with Crippen LogP contribution in [0.1, 0.15) is 34.5 Å². The molecule has 0 N–H and O–H groups in total. The molecule has 1 fully saturated rings. The highest BCUT2D eigenvalue weighted by atomic mass is 19.1. The van der Waals surface area contributed by atoms with Gasteiger partial charge >= 0.3 is 0 Å². The van der Waals surface area contributed by atoms with Crippen molar-refractivity contribution in [3.05, 3.63) is 94.6 Å². The van der Waals surface area contributed by atoms with E-state index in [-0.39, 0.29) is 5.82 Å². The van der Waals surface area contributed by atoms with E-state index in [4.69, 9.17) is 9.72 Å². The van der Waals surface area contributed by atoms with Gasteiger partial charge in [-0.2, -0.15) is 0 Å². The van der Waals surface area contributed by atoms with Gasteiger partial charge in [0, 0.05) is 31.7 Å². The lowest BCUT2D eigenvalue weighted by Gasteiger charge is -2.22. The summed E-state index contributed by atoms with van der Waals surface area (Å²) in [4.78, 5) is 9.86. The first-order valence-corrected chi connectivity index (χ1v) is 12.8. The average Bonchev–Trinajstić information content (AvgIpc) is 3.05. The van der Waals surface area contributed by atoms with Crippen molar-refractivity contribution < 1.29 is 9.13 Å². The molecule has 0 unspecified atom stereocenters. The molecular formula is C30H35FN4O. The van der Waals surface area contributed by atoms with Gasteiger partial charge in [-0.15, -0.1) is 0 Å². The number of methoxy groups -OCH3 is 1. The molecular weight excluding hydrogens is 451 g/mol. The molecule has 0 aliphatic carbocycles. The number of rotatable bonds is 7. The molecule has 5 rings (SSSR count). The number of nitrogens with zero attached hydrogens (tertiary/aromatic N) is 4. The zero-order valence-electron chi connectivity index (χ0n) is 21.5. The van der Waals surface area contributed by atoms with Crippen molar-refractivity contribution in [1.82, 2.24) is 19.4 Å². The first kappa shape index (κ1) is 24.5. The van der Waals surface area contributed by atoms with Gasteiger partial charge < -0.3 is 9.30 Å². The molecule has 0 atom stereocenters. The second kappa shape index (κ2) is 10.8. The highest BCUT2D eigenvalue weighted by Crippen LogP contribution is 2.22. The van der Waals surface area contributed by atoms with Crippen molar-refractivity contribution >= 4 is 11.0 Å². The predicted molar refractivity (Wildman–Crippen MR) is 143 cm³/mol. The maximum absolute atomic E-state index is 14.4. The van der Waals surface area contributed by atoms with Crippen LogP contribution >= 0.6 is 0 Å². The van der Waals surface area contributed by atoms with Crippen molar-refractivity contribution in [2.75, 3.05) is 33.3 Å². The van der Waals surface area contributed by atoms with Crippen molar-refractivity contribution in [2.24, 2.45) is 0 Å². The van der Waals surface area contributed by atoms with Gasteiger partial charge in [-0.05, 0) is 80.4 Å². The summed E-state index contributed by atoms with van der Waals surface area (Å²) in [5.74, 6) is 1.63. The standard InChI is InChI=1S/C30H35FN4O/c1-22-9-10-24(17-23(22)2)19-35-29-8-5-4-7-28(29)32-30(35)21-34-14-6-13-33(15-16-34)20-25-18-26(36-3)11-12-27(25)31/h4-5,7-12,17-18H,6,13-16,19-21H2,1-3H3. The molecule has 1 aromatic heterocycles. The Bertz CT molecular complexity index is 1350. The SMILES string of the molecule is COc1ccc(F)c(CN2CCCN(Cc3nc4ccccc4n3Cc3ccc(C)c(C)c3)CC2)c1. The summed E-state index contributed by atoms with van der Waals surface area (Å²) in [6.07, 6.45) is 1.04. The van der Waals surface area contributed by atoms with Gasteiger partial charge in [0.05, 0.1) is 24.7 Å². The van der Waals surface area contributed by atoms with E-state index in [1.54, 1.807) is 13.2 Å². The van der Waals surface area contributed by atoms with Crippen molar-refractivity contribution in [2.45, 2.75) is 39.9 Å². The second-order valence-electron chi connectivity index (χ2n) is 9.88. The van der Waals surface area contributed by atoms with Crippen LogP contribution in [0.5, 0.6) is 5.75 Å². The van der Waals surface area contributed by atoms with Crippen LogP contribution in [-0.2, 0) is 19.6 Å². The summed E-state index contributed by atoms with van der Waals surface area (Å²) in [5.41, 5.74) is 6.84. The third kappa shape index (κ3) is 5.45. The number of hydrogen-bond donors (Lipinski definition) is 0. The van der Waals surface area contributed by atoms with Crippen molar-refractivity contribution in [3.8, 4) is 5.75 Å². The maximum atomic E-state index is 14.4. The van der Waals surface area contributed by atoms with Crippen LogP contribution in [0.15, 0.2) is 60.7 Å². The number of fused-ring (bicyclic) bond motifs is 1. The van der Waals surface area contributed by atoms with E-state index in [0.717, 1.165) is 57.0 Å². The van der Waals surface area contributed by atoms with Crippen LogP contribution in [0.25, 0.3) is 11.0 Å². The van der Waals surface area contributed by atoms with E-state index in [1.165, 1.54) is 28.3 Å². The Balaban J connectivity index is 1.31. The van der Waals surface area contributed by atoms with E-state index in [2.05, 4.69) is 70.7 Å². The van der Waals surface area contributed by atoms with Crippen molar-refractivity contribution in [1.29, 1.82) is 0 Å². The first-order valence-electron chi connectivity index (χ1n) is 12.8. The number of imidazole rings is 1. The van der Waals surface area contributed by atoms with E-state index < -0.39 is 0 Å². The Morgan fingerprint density at radius 1 is 0.833 bits per heavy atom. The number of aryl methyl sites for hydroxylation is 2. The lowest BCUT2D eigenvalue weighted by Crippen LogP contribution is -2.31. The molecule has 0 saturated carbocycles. The molecule has 1 saturated heterocycles. The molecule has 5 nitrogen and oxygen atoms in total. The number of aromatic nitrogens is 2. The first-order chi connectivity index (χ1) is 17.5. The fourth-order valence-electron chi connectivity index (χ4n) is 5.09. The van der Waals surface area contributed by atoms with E-state index in [0.29, 0.717) is 17.9 Å². The van der Waals surface area contributed by atoms with Crippen LogP contribution in [0.4, 0.5) is 4.39 Å². The van der Waals surface area contributed by atoms with Gasteiger partial charge in [0.2, 0.25) is 0 Å². The predicted octanol–water partition coefficient (Wildman–Crippen LogP) is 5.56. The summed E-state index contributed by atoms with van der Waals surface area (Å²) in [6.45, 7) is 10.3. The lowest BCUT2D eigenvalue weighted by molar-refractivity contribution is 0.240. The maximum Gasteiger partial charge on any atom is 0.127 e. The summed E-state index contributed by atoms with van der Waals surface area (Å²) < 4.78 is 22.1. The average molecular weight is 487 g/mol. The number of para-hydroxylation sites is 2. The Morgan fingerprint density at radius 2 is 1.61 bits per heavy atom. The number of halogens is 1. The molecule has 188 valence electrons. The molecule has 0 bridgehead atoms. The van der Waals surface area contributed by atoms with Gasteiger partial charge in [0.1, 0.15) is 17.4 Å². The third-order valence-corrected chi connectivity index (χ3v) is 7.34. The molecule has 3 aromatic carbocycles. The smallest absolute Gasteiger partial charge is 0.127 e. The summed E-state index contributed by atoms with van der Waals surface area (Å²) >= 11 is 0. The van der Waals surface area contributed by atoms with Gasteiger partial charge in [0.15, 0.2) is 0 Å². The van der Waals surface area contributed by atoms with E-state index in [9.17, 15) is 4.39 Å². The van der Waals surface area contributed by atoms with Crippen molar-refractivity contribution in [3.63, 3.8) is 0 Å². The molecule has 4 aromatic rings. The minimum Gasteiger partial charge on any atom is -0.497 e. The summed E-state index contributed by atoms with van der Waals surface area (Å²) in [7, 11) is 1.62. The summed E-state index contributed by atoms with van der Waals surface area (Å²) in [6, 6.07) is 20.1. The van der Waals surface area contributed by atoms with E-state index >= 15 is 0 Å². The zero-order valence-corrected chi connectivity index (χ0v) is 21.5. The van der Waals surface area contributed by atoms with Gasteiger partial charge in [-0.25, -0.2) is 9.37 Å². The molecule has 6 heteroatoms.